The van der Waals surface area contributed by atoms with Crippen LogP contribution in [-0.2, 0) is 9.47 Å². The first-order chi connectivity index (χ1) is 6.79. The van der Waals surface area contributed by atoms with E-state index in [4.69, 9.17) is 14.6 Å². The van der Waals surface area contributed by atoms with E-state index in [0.29, 0.717) is 18.9 Å². The minimum absolute atomic E-state index is 0.139. The molecule has 2 rings (SSSR count). The third-order valence-corrected chi connectivity index (χ3v) is 2.92. The van der Waals surface area contributed by atoms with Crippen molar-refractivity contribution in [2.75, 3.05) is 19.8 Å². The molecule has 0 amide bonds. The van der Waals surface area contributed by atoms with Crippen LogP contribution < -0.4 is 0 Å². The fourth-order valence-electron chi connectivity index (χ4n) is 1.84. The van der Waals surface area contributed by atoms with Crippen molar-refractivity contribution in [3.05, 3.63) is 0 Å². The number of ether oxygens (including phenoxy) is 2. The SMILES string of the molecule is OCCC(CC1CO1)C(O)CC1CO1. The predicted octanol–water partition coefficient (Wildman–Crippen LogP) is -0.0763. The van der Waals surface area contributed by atoms with Gasteiger partial charge in [0.05, 0.1) is 31.5 Å². The van der Waals surface area contributed by atoms with E-state index in [1.54, 1.807) is 0 Å². The Bertz CT molecular complexity index is 177. The molecule has 2 aliphatic rings. The molecule has 0 aromatic heterocycles. The Morgan fingerprint density at radius 1 is 1.14 bits per heavy atom. The van der Waals surface area contributed by atoms with Gasteiger partial charge in [0, 0.05) is 13.0 Å². The lowest BCUT2D eigenvalue weighted by Gasteiger charge is -2.20. The third-order valence-electron chi connectivity index (χ3n) is 2.92. The summed E-state index contributed by atoms with van der Waals surface area (Å²) in [6, 6.07) is 0. The van der Waals surface area contributed by atoms with Crippen molar-refractivity contribution >= 4 is 0 Å². The Kier molecular flexibility index (Phi) is 3.38. The molecular formula is C10H18O4. The summed E-state index contributed by atoms with van der Waals surface area (Å²) in [5.41, 5.74) is 0. The zero-order valence-electron chi connectivity index (χ0n) is 8.26. The van der Waals surface area contributed by atoms with E-state index < -0.39 is 0 Å². The minimum atomic E-state index is -0.348. The smallest absolute Gasteiger partial charge is 0.0834 e. The zero-order valence-corrected chi connectivity index (χ0v) is 8.26. The van der Waals surface area contributed by atoms with Crippen LogP contribution in [-0.4, -0.2) is 48.3 Å². The van der Waals surface area contributed by atoms with E-state index >= 15 is 0 Å². The molecule has 0 radical (unpaired) electrons. The molecule has 4 heteroatoms. The highest BCUT2D eigenvalue weighted by atomic mass is 16.6. The molecule has 0 bridgehead atoms. The van der Waals surface area contributed by atoms with Crippen LogP contribution in [0, 0.1) is 5.92 Å². The first-order valence-electron chi connectivity index (χ1n) is 5.31. The van der Waals surface area contributed by atoms with E-state index in [1.807, 2.05) is 0 Å². The zero-order chi connectivity index (χ0) is 9.97. The number of rotatable bonds is 7. The van der Waals surface area contributed by atoms with E-state index in [0.717, 1.165) is 19.6 Å². The highest BCUT2D eigenvalue weighted by molar-refractivity contribution is 4.82. The Labute approximate surface area is 83.8 Å². The van der Waals surface area contributed by atoms with Gasteiger partial charge in [0.15, 0.2) is 0 Å². The molecule has 0 saturated carbocycles. The maximum Gasteiger partial charge on any atom is 0.0834 e. The van der Waals surface area contributed by atoms with Crippen molar-refractivity contribution in [3.63, 3.8) is 0 Å². The fourth-order valence-corrected chi connectivity index (χ4v) is 1.84. The molecular weight excluding hydrogens is 184 g/mol. The quantitative estimate of drug-likeness (QED) is 0.567. The summed E-state index contributed by atoms with van der Waals surface area (Å²) in [7, 11) is 0. The number of hydrogen-bond donors (Lipinski definition) is 2. The van der Waals surface area contributed by atoms with Crippen LogP contribution in [0.25, 0.3) is 0 Å². The van der Waals surface area contributed by atoms with Crippen molar-refractivity contribution < 1.29 is 19.7 Å². The molecule has 2 N–H and O–H groups in total. The van der Waals surface area contributed by atoms with Crippen LogP contribution >= 0.6 is 0 Å². The largest absolute Gasteiger partial charge is 0.396 e. The Morgan fingerprint density at radius 3 is 2.21 bits per heavy atom. The topological polar surface area (TPSA) is 65.5 Å². The Balaban J connectivity index is 1.73. The number of aliphatic hydroxyl groups excluding tert-OH is 2. The molecule has 0 aliphatic carbocycles. The lowest BCUT2D eigenvalue weighted by Crippen LogP contribution is -2.24. The van der Waals surface area contributed by atoms with E-state index in [2.05, 4.69) is 0 Å². The predicted molar refractivity (Wildman–Crippen MR) is 49.9 cm³/mol. The van der Waals surface area contributed by atoms with Gasteiger partial charge in [0.2, 0.25) is 0 Å². The number of aliphatic hydroxyl groups is 2. The summed E-state index contributed by atoms with van der Waals surface area (Å²) in [4.78, 5) is 0. The second-order valence-corrected chi connectivity index (χ2v) is 4.22. The summed E-state index contributed by atoms with van der Waals surface area (Å²) in [6.07, 6.45) is 2.46. The molecule has 4 nitrogen and oxygen atoms in total. The van der Waals surface area contributed by atoms with E-state index in [9.17, 15) is 5.11 Å². The van der Waals surface area contributed by atoms with Gasteiger partial charge < -0.3 is 19.7 Å². The van der Waals surface area contributed by atoms with Gasteiger partial charge in [-0.1, -0.05) is 0 Å². The highest BCUT2D eigenvalue weighted by Gasteiger charge is 2.33. The lowest BCUT2D eigenvalue weighted by molar-refractivity contribution is 0.0658. The van der Waals surface area contributed by atoms with Gasteiger partial charge in [-0.15, -0.1) is 0 Å². The van der Waals surface area contributed by atoms with Gasteiger partial charge in [0.1, 0.15) is 0 Å². The monoisotopic (exact) mass is 202 g/mol. The van der Waals surface area contributed by atoms with Gasteiger partial charge in [-0.2, -0.15) is 0 Å². The van der Waals surface area contributed by atoms with Gasteiger partial charge in [0.25, 0.3) is 0 Å². The van der Waals surface area contributed by atoms with E-state index in [1.165, 1.54) is 0 Å². The maximum atomic E-state index is 9.88. The Hall–Kier alpha value is -0.160. The van der Waals surface area contributed by atoms with Crippen molar-refractivity contribution in [2.45, 2.75) is 37.6 Å². The number of epoxide rings is 2. The van der Waals surface area contributed by atoms with Crippen LogP contribution in [0.4, 0.5) is 0 Å². The standard InChI is InChI=1S/C10H18O4/c11-2-1-7(3-8-5-13-8)10(12)4-9-6-14-9/h7-12H,1-6H2. The molecule has 0 aromatic rings. The first kappa shape index (κ1) is 10.4. The molecule has 2 aliphatic heterocycles. The lowest BCUT2D eigenvalue weighted by atomic mass is 9.91. The second-order valence-electron chi connectivity index (χ2n) is 4.22. The normalized spacial score (nSPS) is 33.9. The van der Waals surface area contributed by atoms with Gasteiger partial charge in [-0.05, 0) is 18.8 Å². The summed E-state index contributed by atoms with van der Waals surface area (Å²) >= 11 is 0. The molecule has 2 fully saturated rings. The fraction of sp³-hybridized carbons (Fsp3) is 1.00. The number of hydrogen-bond acceptors (Lipinski definition) is 4. The third kappa shape index (κ3) is 3.20. The summed E-state index contributed by atoms with van der Waals surface area (Å²) in [6.45, 7) is 1.73. The molecule has 82 valence electrons. The summed E-state index contributed by atoms with van der Waals surface area (Å²) < 4.78 is 10.2. The average molecular weight is 202 g/mol. The van der Waals surface area contributed by atoms with Crippen LogP contribution in [0.5, 0.6) is 0 Å². The molecule has 0 spiro atoms. The first-order valence-corrected chi connectivity index (χ1v) is 5.31. The van der Waals surface area contributed by atoms with Crippen molar-refractivity contribution in [1.82, 2.24) is 0 Å². The molecule has 0 aromatic carbocycles. The van der Waals surface area contributed by atoms with Crippen molar-refractivity contribution in [1.29, 1.82) is 0 Å². The van der Waals surface area contributed by atoms with Crippen LogP contribution in [0.2, 0.25) is 0 Å². The molecule has 2 heterocycles. The van der Waals surface area contributed by atoms with Gasteiger partial charge in [-0.3, -0.25) is 0 Å². The second kappa shape index (κ2) is 4.57. The van der Waals surface area contributed by atoms with Crippen LogP contribution in [0.3, 0.4) is 0 Å². The maximum absolute atomic E-state index is 9.88. The van der Waals surface area contributed by atoms with E-state index in [-0.39, 0.29) is 24.7 Å². The van der Waals surface area contributed by atoms with Crippen molar-refractivity contribution in [3.8, 4) is 0 Å². The van der Waals surface area contributed by atoms with Gasteiger partial charge in [-0.25, -0.2) is 0 Å². The summed E-state index contributed by atoms with van der Waals surface area (Å²) in [5, 5.41) is 18.8. The average Bonchev–Trinajstić information content (AvgIpc) is 2.97. The molecule has 14 heavy (non-hydrogen) atoms. The minimum Gasteiger partial charge on any atom is -0.396 e. The molecule has 4 unspecified atom stereocenters. The summed E-state index contributed by atoms with van der Waals surface area (Å²) in [5.74, 6) is 0.164. The Morgan fingerprint density at radius 2 is 1.71 bits per heavy atom. The van der Waals surface area contributed by atoms with Crippen molar-refractivity contribution in [2.24, 2.45) is 5.92 Å². The molecule has 4 atom stereocenters. The van der Waals surface area contributed by atoms with Gasteiger partial charge >= 0.3 is 0 Å². The van der Waals surface area contributed by atoms with Crippen LogP contribution in [0.1, 0.15) is 19.3 Å². The van der Waals surface area contributed by atoms with Crippen LogP contribution in [0.15, 0.2) is 0 Å². The highest BCUT2D eigenvalue weighted by Crippen LogP contribution is 2.28. The molecule has 2 saturated heterocycles.